The summed E-state index contributed by atoms with van der Waals surface area (Å²) in [6.07, 6.45) is 48.8. The molecule has 2 heteroatoms. The van der Waals surface area contributed by atoms with Crippen molar-refractivity contribution in [2.45, 2.75) is 162 Å². The molecule has 0 spiro atoms. The van der Waals surface area contributed by atoms with Crippen molar-refractivity contribution in [3.8, 4) is 0 Å². The van der Waals surface area contributed by atoms with Crippen molar-refractivity contribution in [1.29, 1.82) is 0 Å². The van der Waals surface area contributed by atoms with Gasteiger partial charge in [0.05, 0.1) is 0 Å². The van der Waals surface area contributed by atoms with Crippen LogP contribution >= 0.6 is 0 Å². The molecule has 0 saturated carbocycles. The summed E-state index contributed by atoms with van der Waals surface area (Å²) < 4.78 is 0. The van der Waals surface area contributed by atoms with Crippen molar-refractivity contribution in [3.63, 3.8) is 0 Å². The SMILES string of the molecule is CCCCCCC1=CC(C2C=CC(C3C=CC(N)CC3)C(CC)C2)C(CCCCCC)CC1C1C=CC(C2C=CC(N)CC2)C(CC)C1. The van der Waals surface area contributed by atoms with E-state index in [1.54, 1.807) is 0 Å². The molecule has 0 aromatic carbocycles. The Labute approximate surface area is 297 Å². The average Bonchev–Trinajstić information content (AvgIpc) is 3.12. The van der Waals surface area contributed by atoms with Crippen LogP contribution in [0.5, 0.6) is 0 Å². The molecule has 13 atom stereocenters. The van der Waals surface area contributed by atoms with Gasteiger partial charge in [0, 0.05) is 12.1 Å². The summed E-state index contributed by atoms with van der Waals surface area (Å²) >= 11 is 0. The molecule has 270 valence electrons. The molecular weight excluding hydrogens is 581 g/mol. The van der Waals surface area contributed by atoms with Gasteiger partial charge in [0.2, 0.25) is 0 Å². The Morgan fingerprint density at radius 3 is 1.58 bits per heavy atom. The van der Waals surface area contributed by atoms with E-state index in [1.165, 1.54) is 109 Å². The number of hydrogen-bond donors (Lipinski definition) is 2. The summed E-state index contributed by atoms with van der Waals surface area (Å²) in [6.45, 7) is 9.64. The topological polar surface area (TPSA) is 52.0 Å². The Morgan fingerprint density at radius 1 is 0.500 bits per heavy atom. The van der Waals surface area contributed by atoms with Gasteiger partial charge < -0.3 is 11.5 Å². The van der Waals surface area contributed by atoms with Crippen LogP contribution in [0.25, 0.3) is 0 Å². The molecule has 5 aliphatic rings. The molecule has 48 heavy (non-hydrogen) atoms. The number of allylic oxidation sites excluding steroid dienone is 8. The van der Waals surface area contributed by atoms with Crippen molar-refractivity contribution in [2.24, 2.45) is 76.6 Å². The predicted molar refractivity (Wildman–Crippen MR) is 209 cm³/mol. The van der Waals surface area contributed by atoms with Gasteiger partial charge in [-0.15, -0.1) is 0 Å². The first-order valence-corrected chi connectivity index (χ1v) is 21.4. The third kappa shape index (κ3) is 9.90. The largest absolute Gasteiger partial charge is 0.324 e. The lowest BCUT2D eigenvalue weighted by molar-refractivity contribution is 0.146. The van der Waals surface area contributed by atoms with Crippen molar-refractivity contribution in [1.82, 2.24) is 0 Å². The Balaban J connectivity index is 1.40. The maximum absolute atomic E-state index is 6.26. The van der Waals surface area contributed by atoms with E-state index in [4.69, 9.17) is 11.5 Å². The molecule has 4 N–H and O–H groups in total. The van der Waals surface area contributed by atoms with E-state index in [1.807, 2.05) is 5.57 Å². The van der Waals surface area contributed by atoms with Crippen LogP contribution in [0.3, 0.4) is 0 Å². The third-order valence-corrected chi connectivity index (χ3v) is 14.1. The quantitative estimate of drug-likeness (QED) is 0.128. The van der Waals surface area contributed by atoms with Crippen molar-refractivity contribution in [3.05, 3.63) is 60.3 Å². The van der Waals surface area contributed by atoms with Gasteiger partial charge in [0.1, 0.15) is 0 Å². The second kappa shape index (κ2) is 19.3. The van der Waals surface area contributed by atoms with Gasteiger partial charge in [0.15, 0.2) is 0 Å². The molecule has 5 aliphatic carbocycles. The molecule has 0 saturated heterocycles. The summed E-state index contributed by atoms with van der Waals surface area (Å²) in [4.78, 5) is 0. The molecule has 0 aliphatic heterocycles. The standard InChI is InChI=1S/C46H76N2/c1-5-9-11-13-15-37-31-46(40-22-28-44(34(8-4)30-40)36-19-25-42(48)26-20-36)38(16-14-12-10-6-2)32-45(37)39-21-27-43(33(7-3)29-39)35-17-23-41(47)24-18-35/h17,19,21-23,25,27-28,31,33-36,38-46H,5-16,18,20,24,26,29-30,32,47-48H2,1-4H3. The van der Waals surface area contributed by atoms with Crippen LogP contribution in [0.15, 0.2) is 60.3 Å². The molecule has 0 radical (unpaired) electrons. The predicted octanol–water partition coefficient (Wildman–Crippen LogP) is 12.1. The minimum absolute atomic E-state index is 0.270. The van der Waals surface area contributed by atoms with Gasteiger partial charge in [-0.1, -0.05) is 146 Å². The molecule has 0 heterocycles. The van der Waals surface area contributed by atoms with Gasteiger partial charge in [-0.2, -0.15) is 0 Å². The molecular formula is C46H76N2. The molecule has 5 rings (SSSR count). The van der Waals surface area contributed by atoms with Crippen LogP contribution in [0.2, 0.25) is 0 Å². The van der Waals surface area contributed by atoms with Crippen molar-refractivity contribution < 1.29 is 0 Å². The van der Waals surface area contributed by atoms with Gasteiger partial charge >= 0.3 is 0 Å². The first-order valence-electron chi connectivity index (χ1n) is 21.4. The Kier molecular flexibility index (Phi) is 15.2. The smallest absolute Gasteiger partial charge is 0.0223 e. The summed E-state index contributed by atoms with van der Waals surface area (Å²) in [5, 5.41) is 0. The first kappa shape index (κ1) is 37.9. The van der Waals surface area contributed by atoms with Gasteiger partial charge in [0.25, 0.3) is 0 Å². The van der Waals surface area contributed by atoms with Crippen molar-refractivity contribution in [2.75, 3.05) is 0 Å². The van der Waals surface area contributed by atoms with E-state index >= 15 is 0 Å². The molecule has 13 unspecified atom stereocenters. The number of unbranched alkanes of at least 4 members (excludes halogenated alkanes) is 6. The second-order valence-electron chi connectivity index (χ2n) is 17.2. The summed E-state index contributed by atoms with van der Waals surface area (Å²) in [7, 11) is 0. The van der Waals surface area contributed by atoms with Crippen LogP contribution in [-0.4, -0.2) is 12.1 Å². The van der Waals surface area contributed by atoms with E-state index in [-0.39, 0.29) is 12.1 Å². The van der Waals surface area contributed by atoms with Crippen LogP contribution in [0.4, 0.5) is 0 Å². The maximum atomic E-state index is 6.26. The highest BCUT2D eigenvalue weighted by Crippen LogP contribution is 2.51. The zero-order chi connectivity index (χ0) is 33.9. The lowest BCUT2D eigenvalue weighted by atomic mass is 9.59. The molecule has 0 amide bonds. The number of hydrogen-bond acceptors (Lipinski definition) is 2. The third-order valence-electron chi connectivity index (χ3n) is 14.1. The molecule has 0 fully saturated rings. The highest BCUT2D eigenvalue weighted by Gasteiger charge is 2.42. The number of nitrogens with two attached hydrogens (primary N) is 2. The summed E-state index contributed by atoms with van der Waals surface area (Å²) in [6, 6.07) is 0.540. The maximum Gasteiger partial charge on any atom is 0.0223 e. The highest BCUT2D eigenvalue weighted by molar-refractivity contribution is 5.23. The molecule has 0 aromatic rings. The monoisotopic (exact) mass is 657 g/mol. The summed E-state index contributed by atoms with van der Waals surface area (Å²) in [5.74, 6) is 8.12. The fourth-order valence-corrected chi connectivity index (χ4v) is 11.1. The lowest BCUT2D eigenvalue weighted by Crippen LogP contribution is -2.37. The van der Waals surface area contributed by atoms with Gasteiger partial charge in [-0.25, -0.2) is 0 Å². The lowest BCUT2D eigenvalue weighted by Gasteiger charge is -2.46. The second-order valence-corrected chi connectivity index (χ2v) is 17.2. The molecule has 2 nitrogen and oxygen atoms in total. The van der Waals surface area contributed by atoms with Gasteiger partial charge in [-0.3, -0.25) is 0 Å². The van der Waals surface area contributed by atoms with Crippen LogP contribution < -0.4 is 11.5 Å². The van der Waals surface area contributed by atoms with E-state index in [0.717, 1.165) is 48.3 Å². The van der Waals surface area contributed by atoms with E-state index in [9.17, 15) is 0 Å². The van der Waals surface area contributed by atoms with Crippen LogP contribution in [0.1, 0.15) is 150 Å². The zero-order valence-electron chi connectivity index (χ0n) is 31.8. The highest BCUT2D eigenvalue weighted by atomic mass is 14.6. The van der Waals surface area contributed by atoms with Crippen LogP contribution in [-0.2, 0) is 0 Å². The minimum atomic E-state index is 0.270. The van der Waals surface area contributed by atoms with Gasteiger partial charge in [-0.05, 0) is 129 Å². The minimum Gasteiger partial charge on any atom is -0.324 e. The van der Waals surface area contributed by atoms with Crippen LogP contribution in [0, 0.1) is 65.1 Å². The van der Waals surface area contributed by atoms with E-state index in [0.29, 0.717) is 29.6 Å². The normalized spacial score (nSPS) is 39.9. The Bertz CT molecular complexity index is 1100. The first-order chi connectivity index (χ1) is 23.4. The molecule has 0 aromatic heterocycles. The summed E-state index contributed by atoms with van der Waals surface area (Å²) in [5.41, 5.74) is 14.4. The van der Waals surface area contributed by atoms with E-state index in [2.05, 4.69) is 82.4 Å². The van der Waals surface area contributed by atoms with E-state index < -0.39 is 0 Å². The van der Waals surface area contributed by atoms with Crippen molar-refractivity contribution >= 4 is 0 Å². The average molecular weight is 657 g/mol. The Morgan fingerprint density at radius 2 is 1.04 bits per heavy atom. The fourth-order valence-electron chi connectivity index (χ4n) is 11.1. The zero-order valence-corrected chi connectivity index (χ0v) is 31.8. The number of rotatable bonds is 16. The Hall–Kier alpha value is -1.38. The fraction of sp³-hybridized carbons (Fsp3) is 0.783. The molecule has 0 bridgehead atoms.